The second-order valence-corrected chi connectivity index (χ2v) is 5.31. The molecule has 0 aromatic rings. The summed E-state index contributed by atoms with van der Waals surface area (Å²) in [6, 6.07) is 0. The van der Waals surface area contributed by atoms with Crippen molar-refractivity contribution >= 4 is 11.6 Å². The van der Waals surface area contributed by atoms with E-state index < -0.39 is 0 Å². The lowest BCUT2D eigenvalue weighted by atomic mass is 9.90. The van der Waals surface area contributed by atoms with Gasteiger partial charge in [0.15, 0.2) is 0 Å². The van der Waals surface area contributed by atoms with Crippen molar-refractivity contribution in [2.45, 2.75) is 26.7 Å². The van der Waals surface area contributed by atoms with Crippen molar-refractivity contribution in [2.24, 2.45) is 5.41 Å². The summed E-state index contributed by atoms with van der Waals surface area (Å²) < 4.78 is 0. The third kappa shape index (κ3) is 8.79. The molecule has 2 nitrogen and oxygen atoms in total. The van der Waals surface area contributed by atoms with Gasteiger partial charge in [-0.15, -0.1) is 11.6 Å². The number of hydrogen-bond acceptors (Lipinski definition) is 2. The Kier molecular flexibility index (Phi) is 7.61. The number of nitrogens with zero attached hydrogens (tertiary/aromatic N) is 1. The molecule has 0 aliphatic rings. The second kappa shape index (κ2) is 7.49. The zero-order chi connectivity index (χ0) is 11.0. The fourth-order valence-electron chi connectivity index (χ4n) is 1.29. The molecule has 0 aromatic heterocycles. The van der Waals surface area contributed by atoms with Gasteiger partial charge in [-0.05, 0) is 45.4 Å². The van der Waals surface area contributed by atoms with Gasteiger partial charge in [0, 0.05) is 12.4 Å². The lowest BCUT2D eigenvalue weighted by molar-refractivity contribution is 0.322. The zero-order valence-corrected chi connectivity index (χ0v) is 10.8. The van der Waals surface area contributed by atoms with E-state index in [0.29, 0.717) is 5.41 Å². The highest BCUT2D eigenvalue weighted by Crippen LogP contribution is 2.19. The van der Waals surface area contributed by atoms with Crippen molar-refractivity contribution in [1.29, 1.82) is 0 Å². The van der Waals surface area contributed by atoms with Gasteiger partial charge in [-0.25, -0.2) is 0 Å². The SMILES string of the molecule is CN(C)CCCNCC(C)(C)CCCl. The average Bonchev–Trinajstić information content (AvgIpc) is 2.02. The van der Waals surface area contributed by atoms with Crippen LogP contribution in [0.1, 0.15) is 26.7 Å². The molecule has 0 atom stereocenters. The predicted molar refractivity (Wildman–Crippen MR) is 65.2 cm³/mol. The molecule has 0 aliphatic carbocycles. The molecule has 0 saturated heterocycles. The number of hydrogen-bond donors (Lipinski definition) is 1. The smallest absolute Gasteiger partial charge is 0.0229 e. The Hall–Kier alpha value is 0.210. The second-order valence-electron chi connectivity index (χ2n) is 4.94. The van der Waals surface area contributed by atoms with Crippen LogP contribution < -0.4 is 5.32 Å². The van der Waals surface area contributed by atoms with E-state index in [-0.39, 0.29) is 0 Å². The summed E-state index contributed by atoms with van der Waals surface area (Å²) in [7, 11) is 4.22. The van der Waals surface area contributed by atoms with Gasteiger partial charge in [-0.1, -0.05) is 13.8 Å². The van der Waals surface area contributed by atoms with E-state index in [1.807, 2.05) is 0 Å². The highest BCUT2D eigenvalue weighted by molar-refractivity contribution is 6.17. The van der Waals surface area contributed by atoms with E-state index in [1.54, 1.807) is 0 Å². The zero-order valence-electron chi connectivity index (χ0n) is 10.1. The number of alkyl halides is 1. The molecular formula is C11H25ClN2. The topological polar surface area (TPSA) is 15.3 Å². The molecule has 0 unspecified atom stereocenters. The number of halogens is 1. The Morgan fingerprint density at radius 3 is 2.43 bits per heavy atom. The summed E-state index contributed by atoms with van der Waals surface area (Å²) in [6.07, 6.45) is 2.29. The maximum atomic E-state index is 5.73. The van der Waals surface area contributed by atoms with E-state index in [0.717, 1.165) is 31.9 Å². The van der Waals surface area contributed by atoms with E-state index >= 15 is 0 Å². The Labute approximate surface area is 94.0 Å². The molecular weight excluding hydrogens is 196 g/mol. The molecule has 1 N–H and O–H groups in total. The molecule has 0 spiro atoms. The van der Waals surface area contributed by atoms with Crippen molar-refractivity contribution in [3.63, 3.8) is 0 Å². The summed E-state index contributed by atoms with van der Waals surface area (Å²) in [5.74, 6) is 0.756. The molecule has 0 aliphatic heterocycles. The van der Waals surface area contributed by atoms with Crippen LogP contribution in [-0.2, 0) is 0 Å². The van der Waals surface area contributed by atoms with Crippen LogP contribution in [0.4, 0.5) is 0 Å². The van der Waals surface area contributed by atoms with E-state index in [9.17, 15) is 0 Å². The minimum Gasteiger partial charge on any atom is -0.316 e. The Morgan fingerprint density at radius 1 is 1.29 bits per heavy atom. The fourth-order valence-corrected chi connectivity index (χ4v) is 1.80. The lowest BCUT2D eigenvalue weighted by Crippen LogP contribution is -2.31. The quantitative estimate of drug-likeness (QED) is 0.499. The van der Waals surface area contributed by atoms with E-state index in [2.05, 4.69) is 38.2 Å². The molecule has 0 radical (unpaired) electrons. The molecule has 0 rings (SSSR count). The summed E-state index contributed by atoms with van der Waals surface area (Å²) in [5, 5.41) is 3.48. The molecule has 0 amide bonds. The standard InChI is InChI=1S/C11H25ClN2/c1-11(2,6-7-12)10-13-8-5-9-14(3)4/h13H,5-10H2,1-4H3. The van der Waals surface area contributed by atoms with Crippen LogP contribution in [0.25, 0.3) is 0 Å². The number of rotatable bonds is 8. The molecule has 0 heterocycles. The monoisotopic (exact) mass is 220 g/mol. The highest BCUT2D eigenvalue weighted by atomic mass is 35.5. The van der Waals surface area contributed by atoms with Crippen molar-refractivity contribution in [3.8, 4) is 0 Å². The first-order valence-electron chi connectivity index (χ1n) is 5.39. The Balaban J connectivity index is 3.34. The molecule has 86 valence electrons. The summed E-state index contributed by atoms with van der Waals surface area (Å²) in [6.45, 7) is 7.84. The van der Waals surface area contributed by atoms with Crippen LogP contribution >= 0.6 is 11.6 Å². The normalized spacial score (nSPS) is 12.4. The van der Waals surface area contributed by atoms with Crippen LogP contribution in [0.5, 0.6) is 0 Å². The first-order chi connectivity index (χ1) is 6.48. The maximum absolute atomic E-state index is 5.73. The number of nitrogens with one attached hydrogen (secondary N) is 1. The first kappa shape index (κ1) is 14.2. The van der Waals surface area contributed by atoms with Gasteiger partial charge < -0.3 is 10.2 Å². The predicted octanol–water partition coefficient (Wildman–Crippen LogP) is 2.18. The van der Waals surface area contributed by atoms with Gasteiger partial charge >= 0.3 is 0 Å². The third-order valence-electron chi connectivity index (χ3n) is 2.33. The van der Waals surface area contributed by atoms with Crippen LogP contribution in [0, 0.1) is 5.41 Å². The van der Waals surface area contributed by atoms with Crippen molar-refractivity contribution < 1.29 is 0 Å². The van der Waals surface area contributed by atoms with E-state index in [4.69, 9.17) is 11.6 Å². The molecule has 3 heteroatoms. The van der Waals surface area contributed by atoms with Crippen molar-refractivity contribution in [3.05, 3.63) is 0 Å². The molecule has 0 aromatic carbocycles. The highest BCUT2D eigenvalue weighted by Gasteiger charge is 2.15. The molecule has 0 bridgehead atoms. The van der Waals surface area contributed by atoms with Gasteiger partial charge in [0.25, 0.3) is 0 Å². The van der Waals surface area contributed by atoms with Gasteiger partial charge in [0.05, 0.1) is 0 Å². The summed E-state index contributed by atoms with van der Waals surface area (Å²) >= 11 is 5.73. The molecule has 0 saturated carbocycles. The van der Waals surface area contributed by atoms with Crippen molar-refractivity contribution in [1.82, 2.24) is 10.2 Å². The third-order valence-corrected chi connectivity index (χ3v) is 2.52. The molecule has 14 heavy (non-hydrogen) atoms. The Bertz CT molecular complexity index is 135. The lowest BCUT2D eigenvalue weighted by Gasteiger charge is -2.24. The summed E-state index contributed by atoms with van der Waals surface area (Å²) in [4.78, 5) is 2.21. The van der Waals surface area contributed by atoms with Crippen LogP contribution in [-0.4, -0.2) is 44.5 Å². The van der Waals surface area contributed by atoms with Crippen LogP contribution in [0.3, 0.4) is 0 Å². The maximum Gasteiger partial charge on any atom is 0.0229 e. The van der Waals surface area contributed by atoms with Gasteiger partial charge in [-0.2, -0.15) is 0 Å². The minimum atomic E-state index is 0.333. The van der Waals surface area contributed by atoms with Crippen LogP contribution in [0.15, 0.2) is 0 Å². The molecule has 0 fully saturated rings. The first-order valence-corrected chi connectivity index (χ1v) is 5.93. The van der Waals surface area contributed by atoms with Gasteiger partial charge in [0.2, 0.25) is 0 Å². The largest absolute Gasteiger partial charge is 0.316 e. The van der Waals surface area contributed by atoms with Crippen molar-refractivity contribution in [2.75, 3.05) is 39.6 Å². The fraction of sp³-hybridized carbons (Fsp3) is 1.00. The van der Waals surface area contributed by atoms with Crippen LogP contribution in [0.2, 0.25) is 0 Å². The van der Waals surface area contributed by atoms with Gasteiger partial charge in [0.1, 0.15) is 0 Å². The summed E-state index contributed by atoms with van der Waals surface area (Å²) in [5.41, 5.74) is 0.333. The average molecular weight is 221 g/mol. The minimum absolute atomic E-state index is 0.333. The van der Waals surface area contributed by atoms with E-state index in [1.165, 1.54) is 6.42 Å². The van der Waals surface area contributed by atoms with Gasteiger partial charge in [-0.3, -0.25) is 0 Å². The Morgan fingerprint density at radius 2 is 1.93 bits per heavy atom.